The van der Waals surface area contributed by atoms with Crippen molar-refractivity contribution in [1.82, 2.24) is 40.0 Å². The number of piperidine rings is 2. The molecule has 0 radical (unpaired) electrons. The standard InChI is InChI=1S/C11H25N3.C11H24N2.C9H20N2.C9H19N.CH4/c1-11(2,3)12-5-6-14-9-7-13(4)8-10-14;1-11(2,3)12-7-10-13-8-5-4-6-9-13;1-9(2,3)11-7-5-10(4)6-8-11;1-9(2,3)10-7-5-4-6-8-10;/h12H,5-10H2,1-4H3;12H,4-10H2,1-3H3;5-8H2,1-4H3;4-8H2,1-3H3;1H4. The van der Waals surface area contributed by atoms with Crippen LogP contribution in [-0.2, 0) is 0 Å². The molecule has 0 aromatic heterocycles. The molecule has 8 heteroatoms. The van der Waals surface area contributed by atoms with Crippen LogP contribution in [0, 0.1) is 0 Å². The van der Waals surface area contributed by atoms with Crippen molar-refractivity contribution in [3.63, 3.8) is 0 Å². The molecule has 0 aliphatic carbocycles. The van der Waals surface area contributed by atoms with Crippen LogP contribution in [0.5, 0.6) is 0 Å². The van der Waals surface area contributed by atoms with E-state index in [0.717, 1.165) is 13.1 Å². The zero-order chi connectivity index (χ0) is 36.4. The molecule has 0 unspecified atom stereocenters. The highest BCUT2D eigenvalue weighted by Gasteiger charge is 2.24. The molecule has 0 aromatic rings. The van der Waals surface area contributed by atoms with E-state index in [0.29, 0.717) is 11.1 Å². The second-order valence-electron chi connectivity index (χ2n) is 19.1. The molecule has 4 saturated heterocycles. The fraction of sp³-hybridized carbons (Fsp3) is 1.00. The number of nitrogens with one attached hydrogen (secondary N) is 2. The van der Waals surface area contributed by atoms with Gasteiger partial charge >= 0.3 is 0 Å². The predicted octanol–water partition coefficient (Wildman–Crippen LogP) is 6.42. The third-order valence-electron chi connectivity index (χ3n) is 9.97. The number of hydrogen-bond donors (Lipinski definition) is 2. The van der Waals surface area contributed by atoms with E-state index in [-0.39, 0.29) is 18.5 Å². The summed E-state index contributed by atoms with van der Waals surface area (Å²) in [7, 11) is 4.39. The summed E-state index contributed by atoms with van der Waals surface area (Å²) >= 11 is 0. The van der Waals surface area contributed by atoms with E-state index in [1.54, 1.807) is 0 Å². The first kappa shape index (κ1) is 48.7. The molecule has 296 valence electrons. The lowest BCUT2D eigenvalue weighted by atomic mass is 10.0. The lowest BCUT2D eigenvalue weighted by Crippen LogP contribution is -2.52. The fourth-order valence-electron chi connectivity index (χ4n) is 6.47. The predicted molar refractivity (Wildman–Crippen MR) is 220 cm³/mol. The second-order valence-corrected chi connectivity index (χ2v) is 19.1. The SMILES string of the molecule is C.CC(C)(C)N1CCCCC1.CC(C)(C)NCCN1CCCCC1.CN1CCN(C(C)(C)C)CC1.CN1CCN(CCNC(C)(C)C)CC1. The van der Waals surface area contributed by atoms with Crippen molar-refractivity contribution >= 4 is 0 Å². The monoisotopic (exact) mass is 697 g/mol. The van der Waals surface area contributed by atoms with Gasteiger partial charge in [-0.3, -0.25) is 14.7 Å². The van der Waals surface area contributed by atoms with E-state index in [9.17, 15) is 0 Å². The van der Waals surface area contributed by atoms with Crippen LogP contribution in [0.2, 0.25) is 0 Å². The average molecular weight is 697 g/mol. The minimum absolute atomic E-state index is 0. The third-order valence-corrected chi connectivity index (χ3v) is 9.97. The lowest BCUT2D eigenvalue weighted by molar-refractivity contribution is 0.0735. The summed E-state index contributed by atoms with van der Waals surface area (Å²) in [4.78, 5) is 15.0. The maximum atomic E-state index is 3.53. The van der Waals surface area contributed by atoms with Crippen molar-refractivity contribution in [3.05, 3.63) is 0 Å². The first-order valence-corrected chi connectivity index (χ1v) is 20.0. The summed E-state index contributed by atoms with van der Waals surface area (Å²) in [6.07, 6.45) is 8.47. The van der Waals surface area contributed by atoms with Gasteiger partial charge in [-0.1, -0.05) is 20.3 Å². The normalized spacial score (nSPS) is 21.7. The summed E-state index contributed by atoms with van der Waals surface area (Å²) in [5, 5.41) is 7.05. The third kappa shape index (κ3) is 26.2. The first-order valence-electron chi connectivity index (χ1n) is 20.0. The molecule has 0 aromatic carbocycles. The summed E-state index contributed by atoms with van der Waals surface area (Å²) in [5.41, 5.74) is 1.30. The van der Waals surface area contributed by atoms with Crippen molar-refractivity contribution in [2.75, 3.05) is 119 Å². The molecule has 4 heterocycles. The van der Waals surface area contributed by atoms with E-state index < -0.39 is 0 Å². The van der Waals surface area contributed by atoms with E-state index in [4.69, 9.17) is 0 Å². The molecular weight excluding hydrogens is 605 g/mol. The Kier molecular flexibility index (Phi) is 23.9. The van der Waals surface area contributed by atoms with Gasteiger partial charge in [-0.15, -0.1) is 0 Å². The van der Waals surface area contributed by atoms with Gasteiger partial charge in [0.2, 0.25) is 0 Å². The summed E-state index contributed by atoms with van der Waals surface area (Å²) in [5.74, 6) is 0. The van der Waals surface area contributed by atoms with Crippen molar-refractivity contribution in [2.24, 2.45) is 0 Å². The molecule has 4 rings (SSSR count). The minimum Gasteiger partial charge on any atom is -0.311 e. The Morgan fingerprint density at radius 1 is 0.388 bits per heavy atom. The second kappa shape index (κ2) is 24.1. The maximum absolute atomic E-state index is 3.53. The average Bonchev–Trinajstić information content (AvgIpc) is 2.98. The van der Waals surface area contributed by atoms with Crippen LogP contribution in [0.1, 0.15) is 129 Å². The van der Waals surface area contributed by atoms with Crippen LogP contribution in [0.3, 0.4) is 0 Å². The number of hydrogen-bond acceptors (Lipinski definition) is 8. The van der Waals surface area contributed by atoms with E-state index in [1.165, 1.54) is 130 Å². The number of nitrogens with zero attached hydrogens (tertiary/aromatic N) is 6. The molecule has 0 spiro atoms. The molecule has 4 aliphatic rings. The van der Waals surface area contributed by atoms with Gasteiger partial charge in [-0.2, -0.15) is 0 Å². The van der Waals surface area contributed by atoms with E-state index >= 15 is 0 Å². The van der Waals surface area contributed by atoms with Gasteiger partial charge < -0.3 is 25.3 Å². The molecule has 8 nitrogen and oxygen atoms in total. The quantitative estimate of drug-likeness (QED) is 0.330. The van der Waals surface area contributed by atoms with Crippen molar-refractivity contribution < 1.29 is 0 Å². The van der Waals surface area contributed by atoms with Gasteiger partial charge in [0, 0.05) is 101 Å². The first-order chi connectivity index (χ1) is 22.2. The Balaban J connectivity index is 0.000000627. The molecule has 49 heavy (non-hydrogen) atoms. The topological polar surface area (TPSA) is 43.5 Å². The molecule has 4 aliphatic heterocycles. The molecule has 0 amide bonds. The minimum atomic E-state index is 0. The zero-order valence-electron chi connectivity index (χ0n) is 35.2. The van der Waals surface area contributed by atoms with E-state index in [2.05, 4.69) is 137 Å². The Hall–Kier alpha value is -0.320. The van der Waals surface area contributed by atoms with Crippen LogP contribution in [0.15, 0.2) is 0 Å². The summed E-state index contributed by atoms with van der Waals surface area (Å²) in [6.45, 7) is 46.8. The van der Waals surface area contributed by atoms with Gasteiger partial charge in [0.25, 0.3) is 0 Å². The van der Waals surface area contributed by atoms with Gasteiger partial charge in [-0.25, -0.2) is 0 Å². The van der Waals surface area contributed by atoms with Gasteiger partial charge in [0.05, 0.1) is 0 Å². The molecule has 2 N–H and O–H groups in total. The fourth-order valence-corrected chi connectivity index (χ4v) is 6.47. The largest absolute Gasteiger partial charge is 0.311 e. The van der Waals surface area contributed by atoms with Crippen LogP contribution >= 0.6 is 0 Å². The van der Waals surface area contributed by atoms with Crippen LogP contribution in [0.4, 0.5) is 0 Å². The molecule has 0 atom stereocenters. The Labute approximate surface area is 309 Å². The Morgan fingerprint density at radius 3 is 1.02 bits per heavy atom. The number of piperazine rings is 2. The number of likely N-dealkylation sites (N-methyl/N-ethyl adjacent to an activating group) is 2. The summed E-state index contributed by atoms with van der Waals surface area (Å²) in [6, 6.07) is 0. The molecular formula is C41H92N8. The smallest absolute Gasteiger partial charge is 0.0126 e. The highest BCUT2D eigenvalue weighted by Crippen LogP contribution is 2.19. The van der Waals surface area contributed by atoms with Gasteiger partial charge in [0.1, 0.15) is 0 Å². The van der Waals surface area contributed by atoms with Crippen LogP contribution in [0.25, 0.3) is 0 Å². The molecule has 4 fully saturated rings. The highest BCUT2D eigenvalue weighted by atomic mass is 15.3. The van der Waals surface area contributed by atoms with Crippen molar-refractivity contribution in [3.8, 4) is 0 Å². The highest BCUT2D eigenvalue weighted by molar-refractivity contribution is 4.81. The van der Waals surface area contributed by atoms with Gasteiger partial charge in [0.15, 0.2) is 0 Å². The van der Waals surface area contributed by atoms with Crippen LogP contribution in [-0.4, -0.2) is 170 Å². The molecule has 0 saturated carbocycles. The molecule has 0 bridgehead atoms. The van der Waals surface area contributed by atoms with Crippen molar-refractivity contribution in [1.29, 1.82) is 0 Å². The van der Waals surface area contributed by atoms with E-state index in [1.807, 2.05) is 0 Å². The number of likely N-dealkylation sites (tertiary alicyclic amines) is 2. The van der Waals surface area contributed by atoms with Gasteiger partial charge in [-0.05, 0) is 149 Å². The Morgan fingerprint density at radius 2 is 0.694 bits per heavy atom. The Bertz CT molecular complexity index is 763. The van der Waals surface area contributed by atoms with Crippen molar-refractivity contribution in [2.45, 2.75) is 151 Å². The lowest BCUT2D eigenvalue weighted by Gasteiger charge is -2.41. The maximum Gasteiger partial charge on any atom is 0.0126 e. The number of rotatable bonds is 6. The zero-order valence-corrected chi connectivity index (χ0v) is 35.2. The van der Waals surface area contributed by atoms with Crippen LogP contribution < -0.4 is 10.6 Å². The summed E-state index contributed by atoms with van der Waals surface area (Å²) < 4.78 is 0.